The SMILES string of the molecule is Cc1cccc(-c2noc(CNC(=O)c3cc(C)c(C)cc3C)n2)c1. The van der Waals surface area contributed by atoms with E-state index in [1.807, 2.05) is 64.1 Å². The average Bonchev–Trinajstić information content (AvgIpc) is 3.05. The van der Waals surface area contributed by atoms with Crippen molar-refractivity contribution >= 4 is 5.91 Å². The van der Waals surface area contributed by atoms with Crippen LogP contribution in [0.5, 0.6) is 0 Å². The summed E-state index contributed by atoms with van der Waals surface area (Å²) in [6.07, 6.45) is 0. The summed E-state index contributed by atoms with van der Waals surface area (Å²) in [5.41, 5.74) is 5.91. The molecule has 1 amide bonds. The highest BCUT2D eigenvalue weighted by atomic mass is 16.5. The number of nitrogens with zero attached hydrogens (tertiary/aromatic N) is 2. The molecule has 1 heterocycles. The molecule has 1 N–H and O–H groups in total. The van der Waals surface area contributed by atoms with Crippen LogP contribution in [0.3, 0.4) is 0 Å². The van der Waals surface area contributed by atoms with E-state index < -0.39 is 0 Å². The lowest BCUT2D eigenvalue weighted by molar-refractivity contribution is 0.0945. The van der Waals surface area contributed by atoms with Crippen LogP contribution < -0.4 is 5.32 Å². The highest BCUT2D eigenvalue weighted by Gasteiger charge is 2.13. The lowest BCUT2D eigenvalue weighted by Gasteiger charge is -2.09. The maximum Gasteiger partial charge on any atom is 0.251 e. The van der Waals surface area contributed by atoms with E-state index in [0.717, 1.165) is 22.3 Å². The topological polar surface area (TPSA) is 68.0 Å². The Morgan fingerprint density at radius 3 is 2.56 bits per heavy atom. The first-order chi connectivity index (χ1) is 11.9. The average molecular weight is 335 g/mol. The van der Waals surface area contributed by atoms with E-state index in [1.54, 1.807) is 0 Å². The summed E-state index contributed by atoms with van der Waals surface area (Å²) in [6, 6.07) is 11.8. The molecule has 2 aromatic carbocycles. The molecule has 1 aromatic heterocycles. The van der Waals surface area contributed by atoms with E-state index >= 15 is 0 Å². The third kappa shape index (κ3) is 3.76. The number of hydrogen-bond acceptors (Lipinski definition) is 4. The van der Waals surface area contributed by atoms with E-state index in [-0.39, 0.29) is 12.5 Å². The van der Waals surface area contributed by atoms with Crippen molar-refractivity contribution in [2.45, 2.75) is 34.2 Å². The predicted octanol–water partition coefficient (Wildman–Crippen LogP) is 3.90. The zero-order chi connectivity index (χ0) is 18.0. The minimum atomic E-state index is -0.143. The summed E-state index contributed by atoms with van der Waals surface area (Å²) in [5.74, 6) is 0.762. The molecule has 0 fully saturated rings. The van der Waals surface area contributed by atoms with Gasteiger partial charge >= 0.3 is 0 Å². The summed E-state index contributed by atoms with van der Waals surface area (Å²) in [5, 5.41) is 6.83. The van der Waals surface area contributed by atoms with Gasteiger partial charge in [0, 0.05) is 11.1 Å². The number of aromatic nitrogens is 2. The Labute approximate surface area is 147 Å². The lowest BCUT2D eigenvalue weighted by atomic mass is 10.0. The van der Waals surface area contributed by atoms with Crippen LogP contribution in [0, 0.1) is 27.7 Å². The zero-order valence-corrected chi connectivity index (χ0v) is 14.9. The van der Waals surface area contributed by atoms with Gasteiger partial charge in [-0.2, -0.15) is 4.98 Å². The van der Waals surface area contributed by atoms with Gasteiger partial charge in [-0.15, -0.1) is 0 Å². The van der Waals surface area contributed by atoms with Crippen LogP contribution in [0.2, 0.25) is 0 Å². The van der Waals surface area contributed by atoms with E-state index in [4.69, 9.17) is 4.52 Å². The standard InChI is InChI=1S/C20H21N3O2/c1-12-6-5-7-16(8-12)19-22-18(25-23-19)11-21-20(24)17-10-14(3)13(2)9-15(17)4/h5-10H,11H2,1-4H3,(H,21,24). The van der Waals surface area contributed by atoms with Crippen molar-refractivity contribution in [1.29, 1.82) is 0 Å². The predicted molar refractivity (Wildman–Crippen MR) is 96.3 cm³/mol. The Morgan fingerprint density at radius 1 is 1.04 bits per heavy atom. The van der Waals surface area contributed by atoms with Crippen molar-refractivity contribution in [3.8, 4) is 11.4 Å². The quantitative estimate of drug-likeness (QED) is 0.785. The largest absolute Gasteiger partial charge is 0.343 e. The highest BCUT2D eigenvalue weighted by molar-refractivity contribution is 5.95. The molecule has 0 aliphatic heterocycles. The van der Waals surface area contributed by atoms with Crippen molar-refractivity contribution in [3.05, 3.63) is 70.1 Å². The van der Waals surface area contributed by atoms with Gasteiger partial charge in [0.15, 0.2) is 0 Å². The zero-order valence-electron chi connectivity index (χ0n) is 14.9. The first-order valence-corrected chi connectivity index (χ1v) is 8.19. The molecule has 0 aliphatic carbocycles. The lowest BCUT2D eigenvalue weighted by Crippen LogP contribution is -2.24. The summed E-state index contributed by atoms with van der Waals surface area (Å²) in [7, 11) is 0. The van der Waals surface area contributed by atoms with Crippen LogP contribution in [0.4, 0.5) is 0 Å². The maximum absolute atomic E-state index is 12.4. The Morgan fingerprint density at radius 2 is 1.80 bits per heavy atom. The molecule has 0 spiro atoms. The van der Waals surface area contributed by atoms with Crippen LogP contribution in [0.25, 0.3) is 11.4 Å². The number of carbonyl (C=O) groups excluding carboxylic acids is 1. The number of carbonyl (C=O) groups is 1. The molecule has 5 nitrogen and oxygen atoms in total. The molecular weight excluding hydrogens is 314 g/mol. The fraction of sp³-hybridized carbons (Fsp3) is 0.250. The summed E-state index contributed by atoms with van der Waals surface area (Å²) in [6.45, 7) is 8.18. The number of aryl methyl sites for hydroxylation is 4. The molecule has 0 saturated heterocycles. The minimum Gasteiger partial charge on any atom is -0.343 e. The third-order valence-corrected chi connectivity index (χ3v) is 4.23. The molecule has 5 heteroatoms. The Bertz CT molecular complexity index is 928. The van der Waals surface area contributed by atoms with Gasteiger partial charge in [-0.05, 0) is 56.5 Å². The van der Waals surface area contributed by atoms with Crippen molar-refractivity contribution in [1.82, 2.24) is 15.5 Å². The normalized spacial score (nSPS) is 10.7. The summed E-state index contributed by atoms with van der Waals surface area (Å²) < 4.78 is 5.24. The fourth-order valence-electron chi connectivity index (χ4n) is 2.68. The molecule has 0 radical (unpaired) electrons. The number of nitrogens with one attached hydrogen (secondary N) is 1. The van der Waals surface area contributed by atoms with Gasteiger partial charge in [0.05, 0.1) is 6.54 Å². The summed E-state index contributed by atoms with van der Waals surface area (Å²) in [4.78, 5) is 16.8. The highest BCUT2D eigenvalue weighted by Crippen LogP contribution is 2.18. The van der Waals surface area contributed by atoms with Crippen LogP contribution in [0.1, 0.15) is 38.5 Å². The molecule has 3 aromatic rings. The molecule has 0 unspecified atom stereocenters. The second kappa shape index (κ2) is 6.89. The number of hydrogen-bond donors (Lipinski definition) is 1. The molecule has 0 saturated carbocycles. The molecule has 128 valence electrons. The van der Waals surface area contributed by atoms with Gasteiger partial charge in [0.25, 0.3) is 5.91 Å². The summed E-state index contributed by atoms with van der Waals surface area (Å²) >= 11 is 0. The van der Waals surface area contributed by atoms with Gasteiger partial charge in [0.2, 0.25) is 11.7 Å². The molecule has 3 rings (SSSR count). The first-order valence-electron chi connectivity index (χ1n) is 8.19. The van der Waals surface area contributed by atoms with Gasteiger partial charge in [-0.1, -0.05) is 35.0 Å². The molecule has 0 aliphatic rings. The number of amides is 1. The van der Waals surface area contributed by atoms with E-state index in [2.05, 4.69) is 15.5 Å². The maximum atomic E-state index is 12.4. The molecule has 0 bridgehead atoms. The van der Waals surface area contributed by atoms with Gasteiger partial charge in [-0.25, -0.2) is 0 Å². The number of benzene rings is 2. The van der Waals surface area contributed by atoms with Crippen LogP contribution in [0.15, 0.2) is 40.9 Å². The molecule has 0 atom stereocenters. The van der Waals surface area contributed by atoms with E-state index in [1.165, 1.54) is 5.56 Å². The van der Waals surface area contributed by atoms with Crippen molar-refractivity contribution in [2.75, 3.05) is 0 Å². The van der Waals surface area contributed by atoms with Crippen molar-refractivity contribution < 1.29 is 9.32 Å². The third-order valence-electron chi connectivity index (χ3n) is 4.23. The molecular formula is C20H21N3O2. The second-order valence-corrected chi connectivity index (χ2v) is 6.32. The van der Waals surface area contributed by atoms with E-state index in [9.17, 15) is 4.79 Å². The Balaban J connectivity index is 1.70. The number of rotatable bonds is 4. The van der Waals surface area contributed by atoms with Gasteiger partial charge < -0.3 is 9.84 Å². The first kappa shape index (κ1) is 16.9. The minimum absolute atomic E-state index is 0.143. The Kier molecular flexibility index (Phi) is 4.65. The monoisotopic (exact) mass is 335 g/mol. The van der Waals surface area contributed by atoms with Gasteiger partial charge in [0.1, 0.15) is 0 Å². The Hall–Kier alpha value is -2.95. The van der Waals surface area contributed by atoms with Crippen LogP contribution >= 0.6 is 0 Å². The second-order valence-electron chi connectivity index (χ2n) is 6.32. The van der Waals surface area contributed by atoms with Crippen molar-refractivity contribution in [3.63, 3.8) is 0 Å². The van der Waals surface area contributed by atoms with Crippen LogP contribution in [-0.2, 0) is 6.54 Å². The fourth-order valence-corrected chi connectivity index (χ4v) is 2.68. The van der Waals surface area contributed by atoms with E-state index in [0.29, 0.717) is 17.3 Å². The smallest absolute Gasteiger partial charge is 0.251 e. The molecule has 25 heavy (non-hydrogen) atoms. The van der Waals surface area contributed by atoms with Crippen molar-refractivity contribution in [2.24, 2.45) is 0 Å². The van der Waals surface area contributed by atoms with Gasteiger partial charge in [-0.3, -0.25) is 4.79 Å². The van der Waals surface area contributed by atoms with Crippen LogP contribution in [-0.4, -0.2) is 16.0 Å².